The largest absolute Gasteiger partial charge is 0.325 e. The van der Waals surface area contributed by atoms with Gasteiger partial charge in [-0.15, -0.1) is 0 Å². The van der Waals surface area contributed by atoms with Gasteiger partial charge in [0.25, 0.3) is 0 Å². The van der Waals surface area contributed by atoms with E-state index in [0.29, 0.717) is 59.3 Å². The number of amides is 2. The molecule has 12 heteroatoms. The summed E-state index contributed by atoms with van der Waals surface area (Å²) >= 11 is 3.43. The van der Waals surface area contributed by atoms with Crippen molar-refractivity contribution in [2.45, 2.75) is 97.7 Å². The third-order valence-corrected chi connectivity index (χ3v) is 11.0. The minimum absolute atomic E-state index is 0.143. The maximum absolute atomic E-state index is 14.5. The summed E-state index contributed by atoms with van der Waals surface area (Å²) in [5.74, 6) is 0.554. The summed E-state index contributed by atoms with van der Waals surface area (Å²) in [5, 5.41) is 8.40. The number of nitrogens with zero attached hydrogens (tertiary/aromatic N) is 6. The molecule has 0 spiro atoms. The molecule has 1 N–H and O–H groups in total. The van der Waals surface area contributed by atoms with Crippen LogP contribution in [0.15, 0.2) is 47.3 Å². The molecule has 50 heavy (non-hydrogen) atoms. The summed E-state index contributed by atoms with van der Waals surface area (Å²) in [6, 6.07) is 4.96. The highest BCUT2D eigenvalue weighted by Crippen LogP contribution is 2.62. The zero-order chi connectivity index (χ0) is 35.3. The van der Waals surface area contributed by atoms with Crippen LogP contribution in [0.5, 0.6) is 0 Å². The van der Waals surface area contributed by atoms with Gasteiger partial charge in [0, 0.05) is 49.2 Å². The van der Waals surface area contributed by atoms with Gasteiger partial charge < -0.3 is 10.2 Å². The minimum atomic E-state index is -0.736. The van der Waals surface area contributed by atoms with Gasteiger partial charge in [-0.2, -0.15) is 5.10 Å². The molecule has 3 aromatic heterocycles. The van der Waals surface area contributed by atoms with Crippen LogP contribution in [0.25, 0.3) is 22.0 Å². The van der Waals surface area contributed by atoms with Crippen LogP contribution in [0.3, 0.4) is 0 Å². The first-order chi connectivity index (χ1) is 23.9. The van der Waals surface area contributed by atoms with Crippen LogP contribution in [-0.4, -0.2) is 65.1 Å². The Morgan fingerprint density at radius 2 is 1.78 bits per heavy atom. The second-order valence-corrected chi connectivity index (χ2v) is 14.9. The Bertz CT molecular complexity index is 2090. The molecule has 2 bridgehead atoms. The van der Waals surface area contributed by atoms with Crippen molar-refractivity contribution >= 4 is 56.0 Å². The average Bonchev–Trinajstić information content (AvgIpc) is 3.48. The van der Waals surface area contributed by atoms with E-state index in [-0.39, 0.29) is 47.1 Å². The number of carbonyl (C=O) groups excluding carboxylic acids is 4. The summed E-state index contributed by atoms with van der Waals surface area (Å²) in [6.07, 6.45) is 12.5. The summed E-state index contributed by atoms with van der Waals surface area (Å²) in [7, 11) is 0. The molecule has 7 rings (SSSR count). The molecular weight excluding hydrogens is 698 g/mol. The molecule has 3 atom stereocenters. The second kappa shape index (κ2) is 13.3. The lowest BCUT2D eigenvalue weighted by molar-refractivity contribution is -0.138. The molecule has 0 radical (unpaired) electrons. The van der Waals surface area contributed by atoms with Crippen molar-refractivity contribution in [3.8, 4) is 11.1 Å². The molecule has 2 fully saturated rings. The number of benzene rings is 1. The van der Waals surface area contributed by atoms with Crippen LogP contribution in [-0.2, 0) is 27.3 Å². The topological polar surface area (TPSA) is 140 Å². The Labute approximate surface area is 299 Å². The molecule has 2 amide bonds. The number of rotatable bonds is 4. The Morgan fingerprint density at radius 3 is 2.54 bits per heavy atom. The van der Waals surface area contributed by atoms with E-state index in [9.17, 15) is 19.2 Å². The lowest BCUT2D eigenvalue weighted by Gasteiger charge is -2.27. The van der Waals surface area contributed by atoms with Crippen molar-refractivity contribution in [2.75, 3.05) is 5.32 Å². The highest BCUT2D eigenvalue weighted by molar-refractivity contribution is 9.10. The first-order valence-corrected chi connectivity index (χ1v) is 18.0. The summed E-state index contributed by atoms with van der Waals surface area (Å²) < 4.78 is 2.24. The third-order valence-electron chi connectivity index (χ3n) is 10.6. The number of hydrogen-bond donors (Lipinski definition) is 1. The second-order valence-electron chi connectivity index (χ2n) is 14.0. The van der Waals surface area contributed by atoms with E-state index in [2.05, 4.69) is 48.4 Å². The van der Waals surface area contributed by atoms with Crippen LogP contribution >= 0.6 is 15.9 Å². The zero-order valence-electron chi connectivity index (χ0n) is 28.8. The first kappa shape index (κ1) is 33.9. The normalized spacial score (nSPS) is 22.4. The van der Waals surface area contributed by atoms with E-state index >= 15 is 0 Å². The Balaban J connectivity index is 1.30. The van der Waals surface area contributed by atoms with Gasteiger partial charge in [0.15, 0.2) is 5.78 Å². The van der Waals surface area contributed by atoms with Crippen LogP contribution in [0.1, 0.15) is 84.9 Å². The fourth-order valence-corrected chi connectivity index (χ4v) is 8.23. The maximum Gasteiger partial charge on any atom is 0.248 e. The van der Waals surface area contributed by atoms with E-state index in [0.717, 1.165) is 47.1 Å². The predicted molar refractivity (Wildman–Crippen MR) is 193 cm³/mol. The number of piperidine rings is 1. The Morgan fingerprint density at radius 1 is 1.00 bits per heavy atom. The molecule has 2 aliphatic heterocycles. The molecule has 1 saturated heterocycles. The number of pyridine rings is 1. The van der Waals surface area contributed by atoms with E-state index in [1.807, 2.05) is 39.0 Å². The van der Waals surface area contributed by atoms with E-state index in [1.165, 1.54) is 6.92 Å². The van der Waals surface area contributed by atoms with E-state index in [4.69, 9.17) is 5.10 Å². The number of aryl methyl sites for hydroxylation is 2. The van der Waals surface area contributed by atoms with Gasteiger partial charge in [-0.05, 0) is 121 Å². The first-order valence-electron chi connectivity index (χ1n) is 17.2. The number of Topliss-reactive ketones (excluding diaryl/α,β-unsaturated/α-hetero) is 2. The number of anilines is 1. The van der Waals surface area contributed by atoms with Crippen LogP contribution < -0.4 is 5.32 Å². The van der Waals surface area contributed by atoms with Crippen LogP contribution in [0.4, 0.5) is 5.82 Å². The van der Waals surface area contributed by atoms with Gasteiger partial charge in [0.05, 0.1) is 5.52 Å². The zero-order valence-corrected chi connectivity index (χ0v) is 30.3. The fourth-order valence-electron chi connectivity index (χ4n) is 7.71. The number of aromatic nitrogens is 5. The highest BCUT2D eigenvalue weighted by Gasteiger charge is 2.66. The monoisotopic (exact) mass is 737 g/mol. The van der Waals surface area contributed by atoms with Gasteiger partial charge in [-0.1, -0.05) is 12.2 Å². The summed E-state index contributed by atoms with van der Waals surface area (Å²) in [6.45, 7) is 7.02. The van der Waals surface area contributed by atoms with Gasteiger partial charge in [-0.3, -0.25) is 23.9 Å². The minimum Gasteiger partial charge on any atom is -0.325 e. The lowest BCUT2D eigenvalue weighted by Crippen LogP contribution is -2.47. The molecule has 258 valence electrons. The molecule has 5 heterocycles. The van der Waals surface area contributed by atoms with Gasteiger partial charge in [0.1, 0.15) is 40.3 Å². The van der Waals surface area contributed by atoms with Crippen LogP contribution in [0.2, 0.25) is 0 Å². The van der Waals surface area contributed by atoms with Gasteiger partial charge in [0.2, 0.25) is 11.8 Å². The van der Waals surface area contributed by atoms with Crippen molar-refractivity contribution < 1.29 is 19.2 Å². The predicted octanol–water partition coefficient (Wildman–Crippen LogP) is 6.41. The summed E-state index contributed by atoms with van der Waals surface area (Å²) in [4.78, 5) is 69.5. The van der Waals surface area contributed by atoms with Crippen LogP contribution in [0, 0.1) is 26.2 Å². The molecular formula is C38H40BrN7O4. The van der Waals surface area contributed by atoms with Gasteiger partial charge in [-0.25, -0.2) is 15.0 Å². The van der Waals surface area contributed by atoms with Crippen molar-refractivity contribution in [3.05, 3.63) is 75.6 Å². The van der Waals surface area contributed by atoms with E-state index in [1.54, 1.807) is 22.0 Å². The molecule has 1 aliphatic carbocycles. The lowest BCUT2D eigenvalue weighted by atomic mass is 9.92. The Kier molecular flexibility index (Phi) is 9.00. The Hall–Kier alpha value is -4.58. The summed E-state index contributed by atoms with van der Waals surface area (Å²) in [5.41, 5.74) is 5.07. The number of nitrogens with one attached hydrogen (secondary N) is 1. The van der Waals surface area contributed by atoms with Crippen molar-refractivity contribution in [2.24, 2.45) is 5.41 Å². The molecule has 4 aromatic rings. The number of halogens is 1. The number of carbonyl (C=O) groups is 4. The van der Waals surface area contributed by atoms with Gasteiger partial charge >= 0.3 is 0 Å². The maximum atomic E-state index is 14.5. The third kappa shape index (κ3) is 6.41. The number of hydrogen-bond acceptors (Lipinski definition) is 8. The highest BCUT2D eigenvalue weighted by atomic mass is 79.9. The fraction of sp³-hybridized carbons (Fsp3) is 0.421. The van der Waals surface area contributed by atoms with E-state index < -0.39 is 6.04 Å². The standard InChI is InChI=1S/C38H40BrN7O4/c1-21-13-32(39)42-36(22(21)2)43-37(50)30-16-38-12-11-28(48)10-8-6-5-7-9-25-14-26(27-18-40-24(4)41-19-27)15-29-34(23(3)47)44-45(35(25)29)20-33(49)46(30)31(38)17-38/h5,7,13-15,18-19,30-31H,6,8-12,16-17,20H2,1-4H3,(H,42,43,50)/t30-,31+,38-/m0/s1. The molecule has 0 unspecified atom stereocenters. The van der Waals surface area contributed by atoms with Crippen molar-refractivity contribution in [3.63, 3.8) is 0 Å². The molecule has 11 nitrogen and oxygen atoms in total. The smallest absolute Gasteiger partial charge is 0.248 e. The average molecular weight is 739 g/mol. The quantitative estimate of drug-likeness (QED) is 0.144. The van der Waals surface area contributed by atoms with Crippen molar-refractivity contribution in [1.82, 2.24) is 29.6 Å². The molecule has 1 saturated carbocycles. The SMILES string of the molecule is CC(=O)c1nn2c3c(cc(-c4cnc(C)nc4)cc13)CC=CCCCC(=O)CC[C@@]13C[C@@H](C(=O)Nc4nc(Br)cc(C)c4C)N(C(=O)C2)[C@@H]1C3. The van der Waals surface area contributed by atoms with Crippen molar-refractivity contribution in [1.29, 1.82) is 0 Å². The number of allylic oxidation sites excluding steroid dienone is 2. The number of ketones is 2. The molecule has 1 aromatic carbocycles. The molecule has 3 aliphatic rings.